The summed E-state index contributed by atoms with van der Waals surface area (Å²) < 4.78 is 0. The van der Waals surface area contributed by atoms with Crippen molar-refractivity contribution in [2.45, 2.75) is 20.3 Å². The summed E-state index contributed by atoms with van der Waals surface area (Å²) in [5.74, 6) is 0.664. The molecule has 3 rings (SSSR count). The third-order valence-electron chi connectivity index (χ3n) is 3.67. The number of carbonyl (C=O) groups is 1. The average Bonchev–Trinajstić information content (AvgIpc) is 2.99. The molecule has 2 heterocycles. The molecule has 1 amide bonds. The van der Waals surface area contributed by atoms with E-state index in [0.717, 1.165) is 33.5 Å². The molecule has 2 N–H and O–H groups in total. The molecule has 0 fully saturated rings. The van der Waals surface area contributed by atoms with E-state index in [1.54, 1.807) is 6.20 Å². The summed E-state index contributed by atoms with van der Waals surface area (Å²) in [5.41, 5.74) is 3.83. The third-order valence-corrected chi connectivity index (χ3v) is 4.48. The van der Waals surface area contributed by atoms with Gasteiger partial charge in [-0.2, -0.15) is 0 Å². The van der Waals surface area contributed by atoms with Crippen molar-refractivity contribution < 1.29 is 4.79 Å². The molecule has 3 aromatic rings. The largest absolute Gasteiger partial charge is 0.325 e. The highest BCUT2D eigenvalue weighted by molar-refractivity contribution is 7.13. The first-order chi connectivity index (χ1) is 11.6. The predicted molar refractivity (Wildman–Crippen MR) is 97.9 cm³/mol. The van der Waals surface area contributed by atoms with E-state index in [1.807, 2.05) is 55.6 Å². The van der Waals surface area contributed by atoms with E-state index >= 15 is 0 Å². The van der Waals surface area contributed by atoms with Gasteiger partial charge in [0.1, 0.15) is 5.82 Å². The van der Waals surface area contributed by atoms with Gasteiger partial charge in [-0.25, -0.2) is 9.97 Å². The van der Waals surface area contributed by atoms with Gasteiger partial charge < -0.3 is 10.6 Å². The van der Waals surface area contributed by atoms with Crippen molar-refractivity contribution in [3.63, 3.8) is 0 Å². The second kappa shape index (κ2) is 7.23. The van der Waals surface area contributed by atoms with E-state index in [2.05, 4.69) is 20.6 Å². The van der Waals surface area contributed by atoms with E-state index in [1.165, 1.54) is 11.3 Å². The van der Waals surface area contributed by atoms with Gasteiger partial charge in [0.25, 0.3) is 0 Å². The number of pyridine rings is 1. The molecular formula is C18H18N4OS. The zero-order chi connectivity index (χ0) is 16.9. The molecule has 5 nitrogen and oxygen atoms in total. The van der Waals surface area contributed by atoms with Crippen LogP contribution in [0.1, 0.15) is 16.8 Å². The van der Waals surface area contributed by atoms with E-state index in [0.29, 0.717) is 0 Å². The van der Waals surface area contributed by atoms with Crippen LogP contribution in [0.3, 0.4) is 0 Å². The SMILES string of the molecule is Cc1cccc(NC(=O)Cc2csc(Nc3ccccn3)n2)c1C. The molecule has 0 saturated heterocycles. The van der Waals surface area contributed by atoms with E-state index in [-0.39, 0.29) is 12.3 Å². The lowest BCUT2D eigenvalue weighted by atomic mass is 10.1. The van der Waals surface area contributed by atoms with Gasteiger partial charge in [0.05, 0.1) is 12.1 Å². The lowest BCUT2D eigenvalue weighted by Gasteiger charge is -2.09. The third kappa shape index (κ3) is 3.97. The van der Waals surface area contributed by atoms with Crippen LogP contribution >= 0.6 is 11.3 Å². The first-order valence-corrected chi connectivity index (χ1v) is 8.48. The van der Waals surface area contributed by atoms with Crippen LogP contribution in [0.5, 0.6) is 0 Å². The molecule has 122 valence electrons. The van der Waals surface area contributed by atoms with Crippen molar-refractivity contribution in [1.82, 2.24) is 9.97 Å². The van der Waals surface area contributed by atoms with Crippen LogP contribution < -0.4 is 10.6 Å². The minimum Gasteiger partial charge on any atom is -0.325 e. The number of aromatic nitrogens is 2. The number of hydrogen-bond acceptors (Lipinski definition) is 5. The van der Waals surface area contributed by atoms with Gasteiger partial charge in [0, 0.05) is 17.3 Å². The number of thiazole rings is 1. The van der Waals surface area contributed by atoms with Gasteiger partial charge in [-0.1, -0.05) is 18.2 Å². The Morgan fingerprint density at radius 2 is 2.04 bits per heavy atom. The number of nitrogens with one attached hydrogen (secondary N) is 2. The van der Waals surface area contributed by atoms with E-state index in [9.17, 15) is 4.79 Å². The van der Waals surface area contributed by atoms with Crippen LogP contribution in [0.4, 0.5) is 16.6 Å². The number of anilines is 3. The molecule has 0 aliphatic rings. The minimum absolute atomic E-state index is 0.0709. The molecule has 0 spiro atoms. The zero-order valence-corrected chi connectivity index (χ0v) is 14.4. The number of carbonyl (C=O) groups excluding carboxylic acids is 1. The number of aryl methyl sites for hydroxylation is 1. The van der Waals surface area contributed by atoms with Crippen molar-refractivity contribution in [3.05, 3.63) is 64.8 Å². The zero-order valence-electron chi connectivity index (χ0n) is 13.5. The molecule has 0 saturated carbocycles. The Bertz CT molecular complexity index is 845. The normalized spacial score (nSPS) is 10.4. The monoisotopic (exact) mass is 338 g/mol. The summed E-state index contributed by atoms with van der Waals surface area (Å²) in [6.45, 7) is 4.03. The van der Waals surface area contributed by atoms with Crippen molar-refractivity contribution in [1.29, 1.82) is 0 Å². The van der Waals surface area contributed by atoms with Gasteiger partial charge in [0.15, 0.2) is 5.13 Å². The van der Waals surface area contributed by atoms with Gasteiger partial charge in [-0.15, -0.1) is 11.3 Å². The predicted octanol–water partition coefficient (Wildman–Crippen LogP) is 4.08. The standard InChI is InChI=1S/C18H18N4OS/c1-12-6-5-7-15(13(12)2)21-17(23)10-14-11-24-18(20-14)22-16-8-3-4-9-19-16/h3-9,11H,10H2,1-2H3,(H,21,23)(H,19,20,22). The Labute approximate surface area is 144 Å². The highest BCUT2D eigenvalue weighted by Crippen LogP contribution is 2.21. The number of benzene rings is 1. The minimum atomic E-state index is -0.0709. The molecule has 6 heteroatoms. The summed E-state index contributed by atoms with van der Waals surface area (Å²) in [5, 5.41) is 8.69. The summed E-state index contributed by atoms with van der Waals surface area (Å²) in [6.07, 6.45) is 1.96. The number of hydrogen-bond donors (Lipinski definition) is 2. The van der Waals surface area contributed by atoms with Crippen LogP contribution in [-0.2, 0) is 11.2 Å². The second-order valence-corrected chi connectivity index (χ2v) is 6.31. The highest BCUT2D eigenvalue weighted by atomic mass is 32.1. The van der Waals surface area contributed by atoms with Crippen LogP contribution in [0, 0.1) is 13.8 Å². The van der Waals surface area contributed by atoms with Crippen LogP contribution in [0.15, 0.2) is 48.0 Å². The Morgan fingerprint density at radius 3 is 2.83 bits per heavy atom. The molecule has 0 atom stereocenters. The molecule has 1 aromatic carbocycles. The fourth-order valence-corrected chi connectivity index (χ4v) is 2.95. The fourth-order valence-electron chi connectivity index (χ4n) is 2.24. The molecule has 0 aliphatic carbocycles. The summed E-state index contributed by atoms with van der Waals surface area (Å²) >= 11 is 1.46. The van der Waals surface area contributed by atoms with Gasteiger partial charge in [-0.3, -0.25) is 4.79 Å². The Hall–Kier alpha value is -2.73. The fraction of sp³-hybridized carbons (Fsp3) is 0.167. The Morgan fingerprint density at radius 1 is 1.17 bits per heavy atom. The number of nitrogens with zero attached hydrogens (tertiary/aromatic N) is 2. The first-order valence-electron chi connectivity index (χ1n) is 7.60. The molecule has 24 heavy (non-hydrogen) atoms. The molecule has 0 radical (unpaired) electrons. The number of amides is 1. The second-order valence-electron chi connectivity index (χ2n) is 5.46. The summed E-state index contributed by atoms with van der Waals surface area (Å²) in [6, 6.07) is 11.5. The van der Waals surface area contributed by atoms with Crippen molar-refractivity contribution in [2.24, 2.45) is 0 Å². The molecule has 0 aliphatic heterocycles. The lowest BCUT2D eigenvalue weighted by Crippen LogP contribution is -2.15. The lowest BCUT2D eigenvalue weighted by molar-refractivity contribution is -0.115. The average molecular weight is 338 g/mol. The van der Waals surface area contributed by atoms with Crippen LogP contribution in [0.2, 0.25) is 0 Å². The van der Waals surface area contributed by atoms with Crippen molar-refractivity contribution in [3.8, 4) is 0 Å². The van der Waals surface area contributed by atoms with Crippen LogP contribution in [-0.4, -0.2) is 15.9 Å². The van der Waals surface area contributed by atoms with E-state index < -0.39 is 0 Å². The topological polar surface area (TPSA) is 66.9 Å². The quantitative estimate of drug-likeness (QED) is 0.735. The smallest absolute Gasteiger partial charge is 0.230 e. The molecular weight excluding hydrogens is 320 g/mol. The summed E-state index contributed by atoms with van der Waals surface area (Å²) in [4.78, 5) is 20.9. The van der Waals surface area contributed by atoms with Gasteiger partial charge >= 0.3 is 0 Å². The van der Waals surface area contributed by atoms with Gasteiger partial charge in [-0.05, 0) is 43.2 Å². The van der Waals surface area contributed by atoms with Gasteiger partial charge in [0.2, 0.25) is 5.91 Å². The maximum absolute atomic E-state index is 12.2. The summed E-state index contributed by atoms with van der Waals surface area (Å²) in [7, 11) is 0. The number of rotatable bonds is 5. The Kier molecular flexibility index (Phi) is 4.86. The maximum atomic E-state index is 12.2. The van der Waals surface area contributed by atoms with Crippen LogP contribution in [0.25, 0.3) is 0 Å². The Balaban J connectivity index is 1.62. The first kappa shape index (κ1) is 16.1. The highest BCUT2D eigenvalue weighted by Gasteiger charge is 2.10. The molecule has 0 unspecified atom stereocenters. The molecule has 2 aromatic heterocycles. The van der Waals surface area contributed by atoms with E-state index in [4.69, 9.17) is 0 Å². The maximum Gasteiger partial charge on any atom is 0.230 e. The molecule has 0 bridgehead atoms. The van der Waals surface area contributed by atoms with Crippen molar-refractivity contribution in [2.75, 3.05) is 10.6 Å². The van der Waals surface area contributed by atoms with Crippen molar-refractivity contribution >= 4 is 33.9 Å².